The van der Waals surface area contributed by atoms with Crippen LogP contribution >= 0.6 is 22.6 Å². The van der Waals surface area contributed by atoms with E-state index in [9.17, 15) is 24.9 Å². The first-order chi connectivity index (χ1) is 20.7. The Labute approximate surface area is 267 Å². The third-order valence-electron chi connectivity index (χ3n) is 8.39. The lowest BCUT2D eigenvalue weighted by atomic mass is 9.68. The zero-order chi connectivity index (χ0) is 31.1. The molecule has 1 aliphatic carbocycles. The number of allylic oxidation sites excluding steroid dienone is 1. The number of methoxy groups -OCH3 is 1. The highest BCUT2D eigenvalue weighted by molar-refractivity contribution is 14.1. The largest absolute Gasteiger partial charge is 0.504 e. The summed E-state index contributed by atoms with van der Waals surface area (Å²) in [6, 6.07) is 13.0. The minimum atomic E-state index is -0.926. The molecule has 0 bridgehead atoms. The van der Waals surface area contributed by atoms with Crippen LogP contribution < -0.4 is 9.47 Å². The van der Waals surface area contributed by atoms with Crippen molar-refractivity contribution in [1.29, 1.82) is 0 Å². The molecule has 232 valence electrons. The molecule has 2 aromatic rings. The van der Waals surface area contributed by atoms with E-state index in [-0.39, 0.29) is 30.8 Å². The van der Waals surface area contributed by atoms with E-state index in [1.54, 1.807) is 6.07 Å². The summed E-state index contributed by atoms with van der Waals surface area (Å²) in [6.07, 6.45) is 4.83. The standard InChI is InChI=1S/C34H42INO7/c1-4-9-21(15-22-16-27(35)32(39)29(17-22)42-3)12-13-28(38)30-23(20-43-24-10-7-6-8-11-24)18-25-31(26(30)19-37)34(41)36(14-5-2)33(25)40/h6-8,10-11,15-17,25-26,28,31,37-39H,4-5,9,12-14,18-20H2,1-3H3/b21-15+/t25-,26+,28-,31-/m1/s1. The Kier molecular flexibility index (Phi) is 11.7. The van der Waals surface area contributed by atoms with Crippen molar-refractivity contribution in [2.75, 3.05) is 26.9 Å². The number of likely N-dealkylation sites (tertiary alicyclic amines) is 1. The van der Waals surface area contributed by atoms with Crippen molar-refractivity contribution in [2.45, 2.75) is 58.5 Å². The molecule has 0 saturated carbocycles. The van der Waals surface area contributed by atoms with Crippen molar-refractivity contribution >= 4 is 40.5 Å². The second-order valence-electron chi connectivity index (χ2n) is 11.3. The molecule has 3 N–H and O–H groups in total. The molecule has 43 heavy (non-hydrogen) atoms. The van der Waals surface area contributed by atoms with Gasteiger partial charge in [0.15, 0.2) is 11.5 Å². The van der Waals surface area contributed by atoms with Crippen LogP contribution in [0.5, 0.6) is 17.2 Å². The Morgan fingerprint density at radius 2 is 1.86 bits per heavy atom. The Morgan fingerprint density at radius 1 is 1.12 bits per heavy atom. The molecule has 0 aromatic heterocycles. The van der Waals surface area contributed by atoms with Crippen molar-refractivity contribution in [1.82, 2.24) is 4.90 Å². The van der Waals surface area contributed by atoms with Crippen molar-refractivity contribution in [3.8, 4) is 17.2 Å². The molecule has 1 saturated heterocycles. The fourth-order valence-electron chi connectivity index (χ4n) is 6.42. The van der Waals surface area contributed by atoms with Crippen molar-refractivity contribution in [3.63, 3.8) is 0 Å². The number of hydrogen-bond donors (Lipinski definition) is 3. The Bertz CT molecular complexity index is 1360. The van der Waals surface area contributed by atoms with Gasteiger partial charge in [0.25, 0.3) is 0 Å². The fraction of sp³-hybridized carbons (Fsp3) is 0.471. The number of para-hydroxylation sites is 1. The minimum Gasteiger partial charge on any atom is -0.504 e. The molecule has 1 aliphatic heterocycles. The number of amides is 2. The maximum atomic E-state index is 13.4. The normalized spacial score (nSPS) is 21.3. The van der Waals surface area contributed by atoms with Crippen LogP contribution in [-0.4, -0.2) is 65.0 Å². The number of benzene rings is 2. The lowest BCUT2D eigenvalue weighted by Gasteiger charge is -2.36. The number of hydrogen-bond acceptors (Lipinski definition) is 7. The van der Waals surface area contributed by atoms with Gasteiger partial charge in [0.05, 0.1) is 35.2 Å². The van der Waals surface area contributed by atoms with Gasteiger partial charge in [0, 0.05) is 12.5 Å². The van der Waals surface area contributed by atoms with Gasteiger partial charge in [0.2, 0.25) is 11.8 Å². The highest BCUT2D eigenvalue weighted by atomic mass is 127. The van der Waals surface area contributed by atoms with Gasteiger partial charge in [-0.05, 0) is 95.7 Å². The first-order valence-electron chi connectivity index (χ1n) is 15.0. The van der Waals surface area contributed by atoms with Gasteiger partial charge < -0.3 is 24.8 Å². The molecule has 0 radical (unpaired) electrons. The summed E-state index contributed by atoms with van der Waals surface area (Å²) in [5.41, 5.74) is 3.42. The Balaban J connectivity index is 1.64. The molecule has 8 nitrogen and oxygen atoms in total. The number of phenolic OH excluding ortho intramolecular Hbond substituents is 1. The molecule has 4 rings (SSSR count). The third-order valence-corrected chi connectivity index (χ3v) is 9.21. The van der Waals surface area contributed by atoms with E-state index in [1.165, 1.54) is 12.0 Å². The number of rotatable bonds is 14. The Morgan fingerprint density at radius 3 is 2.51 bits per heavy atom. The highest BCUT2D eigenvalue weighted by Crippen LogP contribution is 2.46. The number of ether oxygens (including phenoxy) is 2. The number of imide groups is 1. The SMILES string of the molecule is CCC/C(=C\c1cc(I)c(O)c(OC)c1)CC[C@@H](O)C1=C(COc2ccccc2)C[C@H]2C(=O)N(CCC)C(=O)[C@H]2[C@H]1CO. The van der Waals surface area contributed by atoms with Gasteiger partial charge >= 0.3 is 0 Å². The smallest absolute Gasteiger partial charge is 0.233 e. The topological polar surface area (TPSA) is 117 Å². The van der Waals surface area contributed by atoms with E-state index < -0.39 is 23.9 Å². The minimum absolute atomic E-state index is 0.105. The molecule has 0 spiro atoms. The van der Waals surface area contributed by atoms with Crippen molar-refractivity contribution in [2.24, 2.45) is 17.8 Å². The van der Waals surface area contributed by atoms with E-state index >= 15 is 0 Å². The first kappa shape index (κ1) is 33.0. The summed E-state index contributed by atoms with van der Waals surface area (Å²) >= 11 is 2.07. The lowest BCUT2D eigenvalue weighted by Crippen LogP contribution is -2.40. The zero-order valence-electron chi connectivity index (χ0n) is 25.1. The number of halogens is 1. The predicted octanol–water partition coefficient (Wildman–Crippen LogP) is 5.73. The number of phenols is 1. The van der Waals surface area contributed by atoms with E-state index in [4.69, 9.17) is 9.47 Å². The summed E-state index contributed by atoms with van der Waals surface area (Å²) in [6.45, 7) is 4.19. The van der Waals surface area contributed by atoms with E-state index in [0.29, 0.717) is 52.9 Å². The molecule has 2 amide bonds. The summed E-state index contributed by atoms with van der Waals surface area (Å²) in [7, 11) is 1.52. The fourth-order valence-corrected chi connectivity index (χ4v) is 7.05. The summed E-state index contributed by atoms with van der Waals surface area (Å²) in [5, 5.41) is 32.6. The summed E-state index contributed by atoms with van der Waals surface area (Å²) in [5.74, 6) is -1.21. The van der Waals surface area contributed by atoms with Crippen LogP contribution in [-0.2, 0) is 9.59 Å². The number of aromatic hydroxyl groups is 1. The molecule has 1 fully saturated rings. The zero-order valence-corrected chi connectivity index (χ0v) is 27.2. The van der Waals surface area contributed by atoms with Crippen molar-refractivity contribution < 1.29 is 34.4 Å². The van der Waals surface area contributed by atoms with Crippen LogP contribution in [0.25, 0.3) is 6.08 Å². The number of carbonyl (C=O) groups excluding carboxylic acids is 2. The second-order valence-corrected chi connectivity index (χ2v) is 12.4. The van der Waals surface area contributed by atoms with Crippen LogP contribution in [0.1, 0.15) is 57.9 Å². The molecule has 4 atom stereocenters. The van der Waals surface area contributed by atoms with E-state index in [0.717, 1.165) is 29.6 Å². The summed E-state index contributed by atoms with van der Waals surface area (Å²) < 4.78 is 12.1. The van der Waals surface area contributed by atoms with Gasteiger partial charge in [-0.2, -0.15) is 0 Å². The molecule has 1 heterocycles. The van der Waals surface area contributed by atoms with Gasteiger partial charge in [-0.15, -0.1) is 0 Å². The molecule has 0 unspecified atom stereocenters. The average Bonchev–Trinajstić information content (AvgIpc) is 3.24. The highest BCUT2D eigenvalue weighted by Gasteiger charge is 2.54. The first-order valence-corrected chi connectivity index (χ1v) is 16.1. The van der Waals surface area contributed by atoms with Gasteiger partial charge in [-0.25, -0.2) is 0 Å². The number of carbonyl (C=O) groups is 2. The van der Waals surface area contributed by atoms with Crippen LogP contribution in [0, 0.1) is 21.3 Å². The number of aliphatic hydroxyl groups is 2. The average molecular weight is 704 g/mol. The third kappa shape index (κ3) is 7.44. The van der Waals surface area contributed by atoms with Gasteiger partial charge in [0.1, 0.15) is 12.4 Å². The number of fused-ring (bicyclic) bond motifs is 1. The quantitative estimate of drug-likeness (QED) is 0.131. The molecule has 2 aromatic carbocycles. The van der Waals surface area contributed by atoms with Crippen LogP contribution in [0.4, 0.5) is 0 Å². The van der Waals surface area contributed by atoms with Crippen LogP contribution in [0.15, 0.2) is 59.2 Å². The van der Waals surface area contributed by atoms with Gasteiger partial charge in [-0.1, -0.05) is 50.1 Å². The number of aliphatic hydroxyl groups excluding tert-OH is 2. The molecular weight excluding hydrogens is 661 g/mol. The second kappa shape index (κ2) is 15.2. The summed E-state index contributed by atoms with van der Waals surface area (Å²) in [4.78, 5) is 28.1. The molecule has 9 heteroatoms. The molecular formula is C34H42INO7. The maximum Gasteiger partial charge on any atom is 0.233 e. The maximum absolute atomic E-state index is 13.4. The van der Waals surface area contributed by atoms with Gasteiger partial charge in [-0.3, -0.25) is 14.5 Å². The van der Waals surface area contributed by atoms with E-state index in [2.05, 4.69) is 35.6 Å². The van der Waals surface area contributed by atoms with Crippen LogP contribution in [0.2, 0.25) is 0 Å². The predicted molar refractivity (Wildman–Crippen MR) is 174 cm³/mol. The van der Waals surface area contributed by atoms with Crippen molar-refractivity contribution in [3.05, 3.63) is 68.3 Å². The van der Waals surface area contributed by atoms with Crippen LogP contribution in [0.3, 0.4) is 0 Å². The Hall–Kier alpha value is -2.89. The lowest BCUT2D eigenvalue weighted by molar-refractivity contribution is -0.140. The van der Waals surface area contributed by atoms with E-state index in [1.807, 2.05) is 43.3 Å². The number of nitrogens with zero attached hydrogens (tertiary/aromatic N) is 1. The molecule has 2 aliphatic rings. The monoisotopic (exact) mass is 703 g/mol.